The Bertz CT molecular complexity index is 652. The Morgan fingerprint density at radius 1 is 0.636 bits per heavy atom. The summed E-state index contributed by atoms with van der Waals surface area (Å²) in [7, 11) is 0. The lowest BCUT2D eigenvalue weighted by atomic mass is 9.78. The van der Waals surface area contributed by atoms with E-state index in [4.69, 9.17) is 9.47 Å². The SMILES string of the molecule is CC1(C)c2ccc(cc2)OC(=O)OC(=O)Oc2ccc1cc2. The molecular formula is C17H14O5. The molecule has 2 aromatic carbocycles. The Kier molecular flexibility index (Phi) is 3.33. The van der Waals surface area contributed by atoms with E-state index in [0.29, 0.717) is 11.5 Å². The first-order chi connectivity index (χ1) is 10.4. The molecule has 22 heavy (non-hydrogen) atoms. The molecule has 0 N–H and O–H groups in total. The van der Waals surface area contributed by atoms with Crippen LogP contribution in [0.1, 0.15) is 25.0 Å². The molecule has 0 atom stereocenters. The van der Waals surface area contributed by atoms with Gasteiger partial charge in [0.1, 0.15) is 11.5 Å². The average Bonchev–Trinajstić information content (AvgIpc) is 2.47. The van der Waals surface area contributed by atoms with Crippen LogP contribution < -0.4 is 9.47 Å². The topological polar surface area (TPSA) is 61.8 Å². The van der Waals surface area contributed by atoms with Crippen LogP contribution in [0.5, 0.6) is 11.5 Å². The van der Waals surface area contributed by atoms with Crippen LogP contribution in [0, 0.1) is 0 Å². The van der Waals surface area contributed by atoms with Gasteiger partial charge in [-0.25, -0.2) is 9.59 Å². The molecule has 4 aliphatic heterocycles. The van der Waals surface area contributed by atoms with Crippen LogP contribution in [0.4, 0.5) is 9.59 Å². The van der Waals surface area contributed by atoms with E-state index in [1.54, 1.807) is 24.3 Å². The summed E-state index contributed by atoms with van der Waals surface area (Å²) in [6.45, 7) is 4.17. The van der Waals surface area contributed by atoms with Gasteiger partial charge in [-0.1, -0.05) is 38.1 Å². The molecule has 0 unspecified atom stereocenters. The maximum absolute atomic E-state index is 11.5. The largest absolute Gasteiger partial charge is 0.524 e. The first-order valence-corrected chi connectivity index (χ1v) is 6.78. The molecule has 4 heterocycles. The monoisotopic (exact) mass is 298 g/mol. The van der Waals surface area contributed by atoms with E-state index in [-0.39, 0.29) is 5.41 Å². The fraction of sp³-hybridized carbons (Fsp3) is 0.176. The molecule has 0 amide bonds. The van der Waals surface area contributed by atoms with E-state index in [1.807, 2.05) is 24.3 Å². The predicted octanol–water partition coefficient (Wildman–Crippen LogP) is 4.04. The van der Waals surface area contributed by atoms with Gasteiger partial charge in [-0.15, -0.1) is 0 Å². The quantitative estimate of drug-likeness (QED) is 0.417. The normalized spacial score (nSPS) is 16.5. The first-order valence-electron chi connectivity index (χ1n) is 6.78. The smallest absolute Gasteiger partial charge is 0.395 e. The Morgan fingerprint density at radius 2 is 1.00 bits per heavy atom. The summed E-state index contributed by atoms with van der Waals surface area (Å²) in [5.74, 6) is 0.589. The Balaban J connectivity index is 2.09. The van der Waals surface area contributed by atoms with Crippen LogP contribution in [0.3, 0.4) is 0 Å². The molecule has 0 saturated carbocycles. The molecule has 5 heteroatoms. The van der Waals surface area contributed by atoms with Crippen LogP contribution >= 0.6 is 0 Å². The van der Waals surface area contributed by atoms with Crippen molar-refractivity contribution >= 4 is 12.3 Å². The number of hydrogen-bond acceptors (Lipinski definition) is 5. The van der Waals surface area contributed by atoms with E-state index >= 15 is 0 Å². The summed E-state index contributed by atoms with van der Waals surface area (Å²) >= 11 is 0. The molecule has 0 spiro atoms. The van der Waals surface area contributed by atoms with E-state index in [9.17, 15) is 9.59 Å². The third-order valence-corrected chi connectivity index (χ3v) is 3.72. The number of benzene rings is 2. The summed E-state index contributed by atoms with van der Waals surface area (Å²) in [5, 5.41) is 0. The van der Waals surface area contributed by atoms with Crippen molar-refractivity contribution in [3.05, 3.63) is 59.7 Å². The van der Waals surface area contributed by atoms with Crippen molar-refractivity contribution in [1.29, 1.82) is 0 Å². The van der Waals surface area contributed by atoms with Gasteiger partial charge < -0.3 is 14.2 Å². The van der Waals surface area contributed by atoms with Crippen molar-refractivity contribution < 1.29 is 23.8 Å². The zero-order valence-electron chi connectivity index (χ0n) is 12.2. The van der Waals surface area contributed by atoms with Crippen LogP contribution in [-0.4, -0.2) is 12.3 Å². The van der Waals surface area contributed by atoms with Crippen LogP contribution in [0.15, 0.2) is 48.5 Å². The highest BCUT2D eigenvalue weighted by atomic mass is 16.8. The third kappa shape index (κ3) is 2.65. The molecule has 0 radical (unpaired) electrons. The number of carbonyl (C=O) groups is 2. The minimum Gasteiger partial charge on any atom is -0.395 e. The molecule has 0 saturated heterocycles. The number of carbonyl (C=O) groups excluding carboxylic acids is 2. The maximum Gasteiger partial charge on any atom is 0.524 e. The Hall–Kier alpha value is -2.82. The second-order valence-corrected chi connectivity index (χ2v) is 5.48. The summed E-state index contributed by atoms with van der Waals surface area (Å²) < 4.78 is 14.3. The highest BCUT2D eigenvalue weighted by Gasteiger charge is 2.24. The van der Waals surface area contributed by atoms with Gasteiger partial charge in [0.2, 0.25) is 0 Å². The third-order valence-electron chi connectivity index (χ3n) is 3.72. The molecule has 112 valence electrons. The van der Waals surface area contributed by atoms with E-state index in [1.165, 1.54) is 0 Å². The summed E-state index contributed by atoms with van der Waals surface area (Å²) in [6.07, 6.45) is -2.27. The van der Waals surface area contributed by atoms with Crippen molar-refractivity contribution in [3.63, 3.8) is 0 Å². The van der Waals surface area contributed by atoms with Gasteiger partial charge in [-0.05, 0) is 35.4 Å². The highest BCUT2D eigenvalue weighted by Crippen LogP contribution is 2.33. The van der Waals surface area contributed by atoms with Crippen molar-refractivity contribution in [1.82, 2.24) is 0 Å². The highest BCUT2D eigenvalue weighted by molar-refractivity contribution is 5.79. The second-order valence-electron chi connectivity index (χ2n) is 5.48. The molecule has 4 bridgehead atoms. The van der Waals surface area contributed by atoms with E-state index in [2.05, 4.69) is 18.6 Å². The lowest BCUT2D eigenvalue weighted by Crippen LogP contribution is -2.21. The minimum absolute atomic E-state index is 0.244. The average molecular weight is 298 g/mol. The van der Waals surface area contributed by atoms with E-state index in [0.717, 1.165) is 11.1 Å². The van der Waals surface area contributed by atoms with Gasteiger partial charge in [0.05, 0.1) is 0 Å². The van der Waals surface area contributed by atoms with Crippen molar-refractivity contribution in [2.75, 3.05) is 0 Å². The standard InChI is InChI=1S/C17H14O5/c1-17(2)11-3-7-13(8-4-11)20-15(18)22-16(19)21-14-9-5-12(17)6-10-14/h3-10H,1-2H3. The summed E-state index contributed by atoms with van der Waals surface area (Å²) in [4.78, 5) is 23.0. The molecular weight excluding hydrogens is 284 g/mol. The first kappa shape index (κ1) is 14.1. The molecule has 0 aromatic heterocycles. The summed E-state index contributed by atoms with van der Waals surface area (Å²) in [5.41, 5.74) is 1.89. The lowest BCUT2D eigenvalue weighted by molar-refractivity contribution is 0.0895. The van der Waals surface area contributed by atoms with Gasteiger partial charge in [0, 0.05) is 5.41 Å². The molecule has 0 aliphatic carbocycles. The van der Waals surface area contributed by atoms with Crippen molar-refractivity contribution in [3.8, 4) is 11.5 Å². The van der Waals surface area contributed by atoms with Crippen molar-refractivity contribution in [2.45, 2.75) is 19.3 Å². The predicted molar refractivity (Wildman–Crippen MR) is 78.1 cm³/mol. The zero-order valence-corrected chi connectivity index (χ0v) is 12.2. The number of ether oxygens (including phenoxy) is 3. The Labute approximate surface area is 127 Å². The van der Waals surface area contributed by atoms with Crippen LogP contribution in [-0.2, 0) is 10.2 Å². The lowest BCUT2D eigenvalue weighted by Gasteiger charge is -2.26. The molecule has 2 aromatic rings. The maximum atomic E-state index is 11.5. The van der Waals surface area contributed by atoms with Gasteiger partial charge >= 0.3 is 12.3 Å². The molecule has 6 rings (SSSR count). The molecule has 4 aliphatic rings. The van der Waals surface area contributed by atoms with Gasteiger partial charge in [0.15, 0.2) is 0 Å². The van der Waals surface area contributed by atoms with E-state index < -0.39 is 12.3 Å². The fourth-order valence-electron chi connectivity index (χ4n) is 2.35. The van der Waals surface area contributed by atoms with Gasteiger partial charge in [-0.3, -0.25) is 0 Å². The molecule has 5 nitrogen and oxygen atoms in total. The van der Waals surface area contributed by atoms with Crippen molar-refractivity contribution in [2.24, 2.45) is 0 Å². The van der Waals surface area contributed by atoms with Crippen LogP contribution in [0.25, 0.3) is 0 Å². The van der Waals surface area contributed by atoms with Gasteiger partial charge in [0.25, 0.3) is 0 Å². The van der Waals surface area contributed by atoms with Crippen LogP contribution in [0.2, 0.25) is 0 Å². The molecule has 0 fully saturated rings. The van der Waals surface area contributed by atoms with Gasteiger partial charge in [-0.2, -0.15) is 0 Å². The zero-order chi connectivity index (χ0) is 15.7. The minimum atomic E-state index is -1.13. The number of rotatable bonds is 0. The summed E-state index contributed by atoms with van der Waals surface area (Å²) in [6, 6.07) is 14.1. The Morgan fingerprint density at radius 3 is 1.36 bits per heavy atom. The second kappa shape index (κ2) is 5.18. The fourth-order valence-corrected chi connectivity index (χ4v) is 2.35. The number of hydrogen-bond donors (Lipinski definition) is 0.